The molecule has 4 rings (SSSR count). The number of H-pyrrole nitrogens is 1. The van der Waals surface area contributed by atoms with Crippen LogP contribution in [0.15, 0.2) is 30.5 Å². The molecule has 238 valence electrons. The molecule has 6 amide bonds. The maximum atomic E-state index is 13.9. The summed E-state index contributed by atoms with van der Waals surface area (Å²) in [5.74, 6) is -4.12. The number of carbonyl (C=O) groups excluding carboxylic acids is 6. The summed E-state index contributed by atoms with van der Waals surface area (Å²) >= 11 is 0. The SMILES string of the molecule is CC(C)C[C@H]1NC(=O)[C@H](Cc2c[nH]c3ccccc23)NC(=O)[C@H](CC(N)=O)NC(=O)[C@H]2CCCN2C(=O)[C@H](C(C)C)NC1=O. The number of rotatable bonds is 7. The third kappa shape index (κ3) is 7.56. The van der Waals surface area contributed by atoms with E-state index in [1.54, 1.807) is 20.0 Å². The number of nitrogens with one attached hydrogen (secondary N) is 5. The van der Waals surface area contributed by atoms with Crippen LogP contribution in [0.1, 0.15) is 58.9 Å². The zero-order valence-electron chi connectivity index (χ0n) is 25.6. The van der Waals surface area contributed by atoms with E-state index in [0.717, 1.165) is 16.5 Å². The summed E-state index contributed by atoms with van der Waals surface area (Å²) < 4.78 is 0. The quantitative estimate of drug-likeness (QED) is 0.260. The number of nitrogens with two attached hydrogens (primary N) is 1. The van der Waals surface area contributed by atoms with Gasteiger partial charge in [0.2, 0.25) is 35.4 Å². The summed E-state index contributed by atoms with van der Waals surface area (Å²) in [6, 6.07) is 2.09. The largest absolute Gasteiger partial charge is 0.370 e. The Labute approximate surface area is 256 Å². The smallest absolute Gasteiger partial charge is 0.246 e. The van der Waals surface area contributed by atoms with Gasteiger partial charge in [-0.15, -0.1) is 0 Å². The highest BCUT2D eigenvalue weighted by molar-refractivity contribution is 5.99. The average molecular weight is 610 g/mol. The first-order valence-electron chi connectivity index (χ1n) is 15.2. The molecule has 2 aliphatic rings. The molecule has 2 saturated heterocycles. The van der Waals surface area contributed by atoms with Gasteiger partial charge in [0, 0.05) is 30.1 Å². The highest BCUT2D eigenvalue weighted by Crippen LogP contribution is 2.22. The van der Waals surface area contributed by atoms with Crippen molar-refractivity contribution in [3.8, 4) is 0 Å². The van der Waals surface area contributed by atoms with E-state index in [0.29, 0.717) is 19.4 Å². The number of amides is 6. The molecule has 2 aliphatic heterocycles. The van der Waals surface area contributed by atoms with Gasteiger partial charge in [-0.3, -0.25) is 28.8 Å². The van der Waals surface area contributed by atoms with Crippen LogP contribution in [0.2, 0.25) is 0 Å². The third-order valence-corrected chi connectivity index (χ3v) is 8.18. The maximum absolute atomic E-state index is 13.9. The van der Waals surface area contributed by atoms with Crippen molar-refractivity contribution in [3.63, 3.8) is 0 Å². The second kappa shape index (κ2) is 13.9. The Morgan fingerprint density at radius 2 is 1.52 bits per heavy atom. The topological polar surface area (TPSA) is 196 Å². The van der Waals surface area contributed by atoms with Gasteiger partial charge in [-0.1, -0.05) is 45.9 Å². The number of benzene rings is 1. The van der Waals surface area contributed by atoms with Gasteiger partial charge in [0.15, 0.2) is 0 Å². The molecular formula is C31H43N7O6. The van der Waals surface area contributed by atoms with Crippen molar-refractivity contribution < 1.29 is 28.8 Å². The minimum atomic E-state index is -1.38. The number of fused-ring (bicyclic) bond motifs is 2. The number of nitrogens with zero attached hydrogens (tertiary/aromatic N) is 1. The Hall–Kier alpha value is -4.42. The normalized spacial score (nSPS) is 25.6. The van der Waals surface area contributed by atoms with E-state index in [2.05, 4.69) is 26.3 Å². The van der Waals surface area contributed by atoms with E-state index in [1.807, 2.05) is 38.1 Å². The first kappa shape index (κ1) is 32.5. The molecule has 2 aromatic rings. The molecule has 0 saturated carbocycles. The molecule has 44 heavy (non-hydrogen) atoms. The lowest BCUT2D eigenvalue weighted by Crippen LogP contribution is -2.59. The molecular weight excluding hydrogens is 566 g/mol. The van der Waals surface area contributed by atoms with Crippen LogP contribution in [-0.2, 0) is 35.2 Å². The molecule has 13 heteroatoms. The van der Waals surface area contributed by atoms with E-state index in [4.69, 9.17) is 5.73 Å². The lowest BCUT2D eigenvalue weighted by atomic mass is 9.98. The van der Waals surface area contributed by atoms with Crippen LogP contribution in [0.5, 0.6) is 0 Å². The molecule has 2 fully saturated rings. The first-order valence-corrected chi connectivity index (χ1v) is 15.2. The fourth-order valence-electron chi connectivity index (χ4n) is 5.90. The number of hydrogen-bond acceptors (Lipinski definition) is 6. The van der Waals surface area contributed by atoms with Gasteiger partial charge in [-0.05, 0) is 42.7 Å². The van der Waals surface area contributed by atoms with Crippen LogP contribution in [0.3, 0.4) is 0 Å². The lowest BCUT2D eigenvalue weighted by Gasteiger charge is -2.32. The number of primary amides is 1. The molecule has 1 aromatic carbocycles. The molecule has 3 heterocycles. The number of para-hydroxylation sites is 1. The number of aromatic amines is 1. The van der Waals surface area contributed by atoms with Gasteiger partial charge in [-0.25, -0.2) is 0 Å². The van der Waals surface area contributed by atoms with Crippen molar-refractivity contribution in [1.29, 1.82) is 0 Å². The minimum absolute atomic E-state index is 0.00715. The maximum Gasteiger partial charge on any atom is 0.246 e. The standard InChI is InChI=1S/C31H43N7O6/c1-16(2)12-21-29(42)37-26(17(3)4)31(44)38-11-7-10-24(38)30(43)36-23(14-25(32)39)28(41)35-22(27(40)34-21)13-18-15-33-20-9-6-5-8-19(18)20/h5-6,8-9,15-17,21-24,26,33H,7,10-14H2,1-4H3,(H2,32,39)(H,34,40)(H,35,41)(H,36,43)(H,37,42)/t21-,22+,23+,24-,26+/m1/s1. The molecule has 5 atom stereocenters. The van der Waals surface area contributed by atoms with Crippen LogP contribution in [0, 0.1) is 11.8 Å². The van der Waals surface area contributed by atoms with E-state index >= 15 is 0 Å². The summed E-state index contributed by atoms with van der Waals surface area (Å²) in [7, 11) is 0. The number of carbonyl (C=O) groups is 6. The van der Waals surface area contributed by atoms with Gasteiger partial charge >= 0.3 is 0 Å². The van der Waals surface area contributed by atoms with Crippen molar-refractivity contribution in [3.05, 3.63) is 36.0 Å². The van der Waals surface area contributed by atoms with Gasteiger partial charge in [0.1, 0.15) is 30.2 Å². The van der Waals surface area contributed by atoms with Crippen LogP contribution >= 0.6 is 0 Å². The predicted octanol–water partition coefficient (Wildman–Crippen LogP) is 0.232. The monoisotopic (exact) mass is 609 g/mol. The van der Waals surface area contributed by atoms with Gasteiger partial charge in [-0.2, -0.15) is 0 Å². The molecule has 0 aliphatic carbocycles. The second-order valence-electron chi connectivity index (χ2n) is 12.5. The fraction of sp³-hybridized carbons (Fsp3) is 0.548. The lowest BCUT2D eigenvalue weighted by molar-refractivity contribution is -0.143. The number of aromatic nitrogens is 1. The third-order valence-electron chi connectivity index (χ3n) is 8.18. The van der Waals surface area contributed by atoms with Crippen LogP contribution in [0.4, 0.5) is 0 Å². The summed E-state index contributed by atoms with van der Waals surface area (Å²) in [6.45, 7) is 7.70. The average Bonchev–Trinajstić information content (AvgIpc) is 3.61. The summed E-state index contributed by atoms with van der Waals surface area (Å²) in [5.41, 5.74) is 7.03. The van der Waals surface area contributed by atoms with Crippen molar-refractivity contribution in [2.24, 2.45) is 17.6 Å². The van der Waals surface area contributed by atoms with Gasteiger partial charge in [0.05, 0.1) is 6.42 Å². The highest BCUT2D eigenvalue weighted by Gasteiger charge is 2.41. The predicted molar refractivity (Wildman–Crippen MR) is 163 cm³/mol. The molecule has 0 unspecified atom stereocenters. The molecule has 1 aromatic heterocycles. The summed E-state index contributed by atoms with van der Waals surface area (Å²) in [6.07, 6.45) is 2.46. The van der Waals surface area contributed by atoms with Crippen molar-refractivity contribution >= 4 is 46.3 Å². The Morgan fingerprint density at radius 1 is 0.886 bits per heavy atom. The Bertz CT molecular complexity index is 1420. The molecule has 0 spiro atoms. The van der Waals surface area contributed by atoms with Gasteiger partial charge in [0.25, 0.3) is 0 Å². The summed E-state index contributed by atoms with van der Waals surface area (Å²) in [4.78, 5) is 84.9. The van der Waals surface area contributed by atoms with Crippen molar-refractivity contribution in [1.82, 2.24) is 31.2 Å². The van der Waals surface area contributed by atoms with Gasteiger partial charge < -0.3 is 36.9 Å². The van der Waals surface area contributed by atoms with Crippen molar-refractivity contribution in [2.45, 2.75) is 90.0 Å². The second-order valence-corrected chi connectivity index (χ2v) is 12.5. The minimum Gasteiger partial charge on any atom is -0.370 e. The van der Waals surface area contributed by atoms with E-state index in [-0.39, 0.29) is 24.7 Å². The molecule has 0 bridgehead atoms. The highest BCUT2D eigenvalue weighted by atomic mass is 16.2. The van der Waals surface area contributed by atoms with Crippen LogP contribution in [-0.4, -0.2) is 82.1 Å². The Kier molecular flexibility index (Phi) is 10.3. The molecule has 13 nitrogen and oxygen atoms in total. The molecule has 7 N–H and O–H groups in total. The van der Waals surface area contributed by atoms with Crippen LogP contribution in [0.25, 0.3) is 10.9 Å². The fourth-order valence-corrected chi connectivity index (χ4v) is 5.90. The molecule has 0 radical (unpaired) electrons. The number of hydrogen-bond donors (Lipinski definition) is 6. The zero-order valence-corrected chi connectivity index (χ0v) is 25.6. The summed E-state index contributed by atoms with van der Waals surface area (Å²) in [5, 5.41) is 11.8. The first-order chi connectivity index (χ1) is 20.8. The van der Waals surface area contributed by atoms with Crippen LogP contribution < -0.4 is 27.0 Å². The zero-order chi connectivity index (χ0) is 32.1. The van der Waals surface area contributed by atoms with Crippen molar-refractivity contribution in [2.75, 3.05) is 6.54 Å². The van der Waals surface area contributed by atoms with E-state index in [1.165, 1.54) is 4.90 Å². The Balaban J connectivity index is 1.75. The van der Waals surface area contributed by atoms with E-state index < -0.39 is 72.1 Å². The Morgan fingerprint density at radius 3 is 2.20 bits per heavy atom. The van der Waals surface area contributed by atoms with E-state index in [9.17, 15) is 28.8 Å².